The van der Waals surface area contributed by atoms with Crippen LogP contribution in [0.3, 0.4) is 0 Å². The maximum absolute atomic E-state index is 5.93. The highest BCUT2D eigenvalue weighted by Crippen LogP contribution is 2.17. The Kier molecular flexibility index (Phi) is 7.36. The fourth-order valence-corrected chi connectivity index (χ4v) is 2.93. The van der Waals surface area contributed by atoms with Crippen molar-refractivity contribution in [2.24, 2.45) is 0 Å². The largest absolute Gasteiger partial charge is 0.494 e. The van der Waals surface area contributed by atoms with Crippen molar-refractivity contribution < 1.29 is 9.47 Å². The van der Waals surface area contributed by atoms with E-state index in [9.17, 15) is 0 Å². The second-order valence-corrected chi connectivity index (χ2v) is 7.08. The van der Waals surface area contributed by atoms with E-state index >= 15 is 0 Å². The molecule has 3 rings (SSSR count). The van der Waals surface area contributed by atoms with E-state index in [-0.39, 0.29) is 6.10 Å². The van der Waals surface area contributed by atoms with Crippen LogP contribution < -0.4 is 14.8 Å². The zero-order valence-corrected chi connectivity index (χ0v) is 16.7. The molecule has 0 aliphatic heterocycles. The van der Waals surface area contributed by atoms with Gasteiger partial charge in [-0.1, -0.05) is 48.0 Å². The molecule has 0 spiro atoms. The van der Waals surface area contributed by atoms with E-state index in [1.165, 1.54) is 11.1 Å². The van der Waals surface area contributed by atoms with Crippen LogP contribution in [0.4, 0.5) is 5.69 Å². The molecule has 0 aliphatic rings. The van der Waals surface area contributed by atoms with Crippen molar-refractivity contribution >= 4 is 5.69 Å². The minimum Gasteiger partial charge on any atom is -0.494 e. The normalized spacial score (nSPS) is 11.6. The Morgan fingerprint density at radius 2 is 1.50 bits per heavy atom. The van der Waals surface area contributed by atoms with Gasteiger partial charge in [-0.25, -0.2) is 0 Å². The zero-order chi connectivity index (χ0) is 19.6. The molecule has 28 heavy (non-hydrogen) atoms. The molecule has 0 saturated heterocycles. The molecule has 3 aromatic carbocycles. The van der Waals surface area contributed by atoms with Crippen LogP contribution in [-0.2, 0) is 6.42 Å². The quantitative estimate of drug-likeness (QED) is 0.448. The summed E-state index contributed by atoms with van der Waals surface area (Å²) in [6.45, 7) is 5.61. The molecule has 0 heterocycles. The van der Waals surface area contributed by atoms with Gasteiger partial charge in [0.15, 0.2) is 0 Å². The molecule has 1 N–H and O–H groups in total. The van der Waals surface area contributed by atoms with Gasteiger partial charge in [0.2, 0.25) is 0 Å². The molecule has 0 radical (unpaired) electrons. The van der Waals surface area contributed by atoms with E-state index in [4.69, 9.17) is 9.47 Å². The van der Waals surface area contributed by atoms with Gasteiger partial charge in [0, 0.05) is 5.69 Å². The van der Waals surface area contributed by atoms with Crippen LogP contribution >= 0.6 is 0 Å². The van der Waals surface area contributed by atoms with E-state index in [0.717, 1.165) is 43.2 Å². The van der Waals surface area contributed by atoms with E-state index < -0.39 is 0 Å². The summed E-state index contributed by atoms with van der Waals surface area (Å²) in [5.41, 5.74) is 3.66. The van der Waals surface area contributed by atoms with E-state index in [0.29, 0.717) is 0 Å². The monoisotopic (exact) mass is 375 g/mol. The number of anilines is 1. The lowest BCUT2D eigenvalue weighted by molar-refractivity contribution is 0.234. The average Bonchev–Trinajstić information content (AvgIpc) is 2.73. The lowest BCUT2D eigenvalue weighted by atomic mass is 10.1. The highest BCUT2D eigenvalue weighted by Gasteiger charge is 2.04. The zero-order valence-electron chi connectivity index (χ0n) is 16.7. The lowest BCUT2D eigenvalue weighted by Crippen LogP contribution is -2.22. The number of hydrogen-bond donors (Lipinski definition) is 1. The number of hydrogen-bond acceptors (Lipinski definition) is 3. The average molecular weight is 376 g/mol. The summed E-state index contributed by atoms with van der Waals surface area (Å²) in [5.74, 6) is 1.81. The molecule has 146 valence electrons. The van der Waals surface area contributed by atoms with Crippen LogP contribution in [0, 0.1) is 6.92 Å². The first kappa shape index (κ1) is 19.8. The van der Waals surface area contributed by atoms with Crippen molar-refractivity contribution in [2.45, 2.75) is 32.8 Å². The van der Waals surface area contributed by atoms with Crippen LogP contribution in [0.15, 0.2) is 78.9 Å². The first-order chi connectivity index (χ1) is 13.7. The molecule has 0 aromatic heterocycles. The van der Waals surface area contributed by atoms with Crippen molar-refractivity contribution in [3.63, 3.8) is 0 Å². The summed E-state index contributed by atoms with van der Waals surface area (Å²) in [4.78, 5) is 0. The van der Waals surface area contributed by atoms with Crippen molar-refractivity contribution in [2.75, 3.05) is 18.5 Å². The number of nitrogens with one attached hydrogen (secondary N) is 1. The predicted molar refractivity (Wildman–Crippen MR) is 116 cm³/mol. The molecular weight excluding hydrogens is 346 g/mol. The molecule has 3 aromatic rings. The summed E-state index contributed by atoms with van der Waals surface area (Å²) in [6.07, 6.45) is 2.13. The van der Waals surface area contributed by atoms with Crippen LogP contribution in [0.25, 0.3) is 0 Å². The van der Waals surface area contributed by atoms with Gasteiger partial charge < -0.3 is 14.8 Å². The Morgan fingerprint density at radius 1 is 0.821 bits per heavy atom. The molecule has 1 atom stereocenters. The molecule has 1 unspecified atom stereocenters. The molecule has 0 aliphatic carbocycles. The first-order valence-corrected chi connectivity index (χ1v) is 9.93. The van der Waals surface area contributed by atoms with Crippen molar-refractivity contribution in [1.82, 2.24) is 0 Å². The second-order valence-electron chi connectivity index (χ2n) is 7.08. The molecule has 0 fully saturated rings. The van der Waals surface area contributed by atoms with Crippen molar-refractivity contribution in [3.05, 3.63) is 90.0 Å². The van der Waals surface area contributed by atoms with E-state index in [1.807, 2.05) is 42.5 Å². The molecular formula is C25H29NO2. The summed E-state index contributed by atoms with van der Waals surface area (Å²) in [5, 5.41) is 3.41. The minimum absolute atomic E-state index is 0.0802. The molecule has 0 saturated carbocycles. The Balaban J connectivity index is 1.36. The van der Waals surface area contributed by atoms with Crippen LogP contribution in [0.2, 0.25) is 0 Å². The molecule has 3 nitrogen and oxygen atoms in total. The van der Waals surface area contributed by atoms with E-state index in [1.54, 1.807) is 0 Å². The first-order valence-electron chi connectivity index (χ1n) is 9.93. The summed E-state index contributed by atoms with van der Waals surface area (Å²) in [6, 6.07) is 26.8. The van der Waals surface area contributed by atoms with Gasteiger partial charge in [-0.15, -0.1) is 0 Å². The summed E-state index contributed by atoms with van der Waals surface area (Å²) < 4.78 is 11.8. The standard InChI is InChI=1S/C25H29NO2/c1-20-10-14-25(15-11-20)28-21(2)19-26-23-12-16-24(17-13-23)27-18-6-9-22-7-4-3-5-8-22/h3-5,7-8,10-17,21,26H,6,9,18-19H2,1-2H3. The number of aryl methyl sites for hydroxylation is 2. The van der Waals surface area contributed by atoms with Gasteiger partial charge >= 0.3 is 0 Å². The minimum atomic E-state index is 0.0802. The molecule has 0 bridgehead atoms. The molecule has 3 heteroatoms. The predicted octanol–water partition coefficient (Wildman–Crippen LogP) is 5.89. The maximum atomic E-state index is 5.93. The summed E-state index contributed by atoms with van der Waals surface area (Å²) in [7, 11) is 0. The highest BCUT2D eigenvalue weighted by atomic mass is 16.5. The second kappa shape index (κ2) is 10.4. The fourth-order valence-electron chi connectivity index (χ4n) is 2.93. The van der Waals surface area contributed by atoms with Crippen molar-refractivity contribution in [3.8, 4) is 11.5 Å². The van der Waals surface area contributed by atoms with Gasteiger partial charge in [0.05, 0.1) is 13.2 Å². The van der Waals surface area contributed by atoms with Crippen molar-refractivity contribution in [1.29, 1.82) is 0 Å². The van der Waals surface area contributed by atoms with Gasteiger partial charge in [0.25, 0.3) is 0 Å². The van der Waals surface area contributed by atoms with Gasteiger partial charge in [-0.05, 0) is 68.7 Å². The Bertz CT molecular complexity index is 813. The van der Waals surface area contributed by atoms with Gasteiger partial charge in [-0.3, -0.25) is 0 Å². The van der Waals surface area contributed by atoms with E-state index in [2.05, 4.69) is 55.6 Å². The Labute approximate surface area is 168 Å². The van der Waals surface area contributed by atoms with Gasteiger partial charge in [0.1, 0.15) is 17.6 Å². The number of benzene rings is 3. The fraction of sp³-hybridized carbons (Fsp3) is 0.280. The maximum Gasteiger partial charge on any atom is 0.119 e. The Hall–Kier alpha value is -2.94. The number of ether oxygens (including phenoxy) is 2. The third-order valence-corrected chi connectivity index (χ3v) is 4.53. The van der Waals surface area contributed by atoms with Crippen LogP contribution in [0.1, 0.15) is 24.5 Å². The Morgan fingerprint density at radius 3 is 2.21 bits per heavy atom. The topological polar surface area (TPSA) is 30.5 Å². The number of rotatable bonds is 10. The summed E-state index contributed by atoms with van der Waals surface area (Å²) >= 11 is 0. The SMILES string of the molecule is Cc1ccc(OC(C)CNc2ccc(OCCCc3ccccc3)cc2)cc1. The lowest BCUT2D eigenvalue weighted by Gasteiger charge is -2.16. The van der Waals surface area contributed by atoms with Crippen LogP contribution in [0.5, 0.6) is 11.5 Å². The van der Waals surface area contributed by atoms with Gasteiger partial charge in [-0.2, -0.15) is 0 Å². The smallest absolute Gasteiger partial charge is 0.119 e. The van der Waals surface area contributed by atoms with Crippen LogP contribution in [-0.4, -0.2) is 19.3 Å². The third kappa shape index (κ3) is 6.66. The third-order valence-electron chi connectivity index (χ3n) is 4.53. The highest BCUT2D eigenvalue weighted by molar-refractivity contribution is 5.46. The molecule has 0 amide bonds.